The Morgan fingerprint density at radius 3 is 2.40 bits per heavy atom. The predicted octanol–water partition coefficient (Wildman–Crippen LogP) is 4.83. The molecule has 0 heterocycles. The van der Waals surface area contributed by atoms with E-state index in [0.29, 0.717) is 10.6 Å². The van der Waals surface area contributed by atoms with E-state index in [1.54, 1.807) is 30.3 Å². The summed E-state index contributed by atoms with van der Waals surface area (Å²) in [5.74, 6) is -0.430. The van der Waals surface area contributed by atoms with Crippen LogP contribution in [0.5, 0.6) is 5.75 Å². The van der Waals surface area contributed by atoms with E-state index in [-0.39, 0.29) is 21.2 Å². The summed E-state index contributed by atoms with van der Waals surface area (Å²) >= 11 is 11.7. The molecule has 3 aromatic carbocycles. The molecule has 6 nitrogen and oxygen atoms in total. The minimum absolute atomic E-state index is 0.0350. The zero-order chi connectivity index (χ0) is 21.7. The third-order valence-corrected chi connectivity index (χ3v) is 5.97. The maximum Gasteiger partial charge on any atom is 0.339 e. The Kier molecular flexibility index (Phi) is 6.77. The number of carbonyl (C=O) groups excluding carboxylic acids is 1. The van der Waals surface area contributed by atoms with Crippen LogP contribution in [-0.4, -0.2) is 20.5 Å². The molecular formula is C21H16Cl2N2O4S. The fourth-order valence-corrected chi connectivity index (χ4v) is 3.65. The van der Waals surface area contributed by atoms with Gasteiger partial charge in [-0.25, -0.2) is 5.43 Å². The summed E-state index contributed by atoms with van der Waals surface area (Å²) in [4.78, 5) is 12.2. The maximum absolute atomic E-state index is 12.5. The molecule has 154 valence electrons. The zero-order valence-corrected chi connectivity index (χ0v) is 18.0. The van der Waals surface area contributed by atoms with Gasteiger partial charge in [0.2, 0.25) is 0 Å². The molecule has 0 fully saturated rings. The molecule has 0 aliphatic rings. The number of para-hydroxylation sites is 1. The number of hydrazone groups is 1. The summed E-state index contributed by atoms with van der Waals surface area (Å²) < 4.78 is 30.3. The first kappa shape index (κ1) is 21.8. The normalized spacial score (nSPS) is 11.4. The van der Waals surface area contributed by atoms with E-state index in [1.807, 2.05) is 6.92 Å². The number of carbonyl (C=O) groups is 1. The highest BCUT2D eigenvalue weighted by Gasteiger charge is 2.18. The molecule has 9 heteroatoms. The van der Waals surface area contributed by atoms with Gasteiger partial charge in [0.25, 0.3) is 5.91 Å². The summed E-state index contributed by atoms with van der Waals surface area (Å²) in [5.41, 5.74) is 3.91. The lowest BCUT2D eigenvalue weighted by Gasteiger charge is -2.09. The number of nitrogens with zero attached hydrogens (tertiary/aromatic N) is 1. The lowest BCUT2D eigenvalue weighted by atomic mass is 10.2. The Morgan fingerprint density at radius 1 is 1.00 bits per heavy atom. The minimum atomic E-state index is -4.02. The van der Waals surface area contributed by atoms with Crippen LogP contribution in [0.15, 0.2) is 76.7 Å². The zero-order valence-electron chi connectivity index (χ0n) is 15.7. The van der Waals surface area contributed by atoms with Crippen LogP contribution in [0.2, 0.25) is 10.0 Å². The maximum atomic E-state index is 12.5. The highest BCUT2D eigenvalue weighted by atomic mass is 35.5. The van der Waals surface area contributed by atoms with E-state index >= 15 is 0 Å². The lowest BCUT2D eigenvalue weighted by Crippen LogP contribution is -2.17. The Labute approximate surface area is 184 Å². The first-order valence-electron chi connectivity index (χ1n) is 8.65. The van der Waals surface area contributed by atoms with Crippen LogP contribution < -0.4 is 9.61 Å². The molecule has 1 N–H and O–H groups in total. The average Bonchev–Trinajstić information content (AvgIpc) is 2.71. The second-order valence-electron chi connectivity index (χ2n) is 6.22. The smallest absolute Gasteiger partial charge is 0.339 e. The summed E-state index contributed by atoms with van der Waals surface area (Å²) in [6.45, 7) is 1.86. The van der Waals surface area contributed by atoms with E-state index in [1.165, 1.54) is 42.6 Å². The van der Waals surface area contributed by atoms with Gasteiger partial charge in [0.1, 0.15) is 4.90 Å². The molecule has 30 heavy (non-hydrogen) atoms. The van der Waals surface area contributed by atoms with Crippen LogP contribution in [0.25, 0.3) is 0 Å². The van der Waals surface area contributed by atoms with E-state index < -0.39 is 16.0 Å². The molecule has 0 aliphatic carbocycles. The van der Waals surface area contributed by atoms with Crippen molar-refractivity contribution in [3.63, 3.8) is 0 Å². The number of aryl methyl sites for hydroxylation is 1. The molecule has 0 aliphatic heterocycles. The minimum Gasteiger partial charge on any atom is -0.378 e. The van der Waals surface area contributed by atoms with Crippen LogP contribution >= 0.6 is 23.2 Å². The number of nitrogens with one attached hydrogen (secondary N) is 1. The molecule has 3 rings (SSSR count). The number of halogens is 2. The quantitative estimate of drug-likeness (QED) is 0.322. The van der Waals surface area contributed by atoms with Crippen molar-refractivity contribution in [3.05, 3.63) is 93.5 Å². The molecule has 0 unspecified atom stereocenters. The molecule has 0 aromatic heterocycles. The van der Waals surface area contributed by atoms with Crippen molar-refractivity contribution >= 4 is 45.4 Å². The first-order valence-corrected chi connectivity index (χ1v) is 10.8. The Balaban J connectivity index is 1.75. The highest BCUT2D eigenvalue weighted by Crippen LogP contribution is 2.23. The largest absolute Gasteiger partial charge is 0.378 e. The number of amides is 1. The molecule has 3 aromatic rings. The van der Waals surface area contributed by atoms with Crippen LogP contribution in [0, 0.1) is 6.92 Å². The molecule has 0 saturated carbocycles. The van der Waals surface area contributed by atoms with Gasteiger partial charge in [0.05, 0.1) is 16.3 Å². The fraction of sp³-hybridized carbons (Fsp3) is 0.0476. The van der Waals surface area contributed by atoms with Crippen molar-refractivity contribution in [3.8, 4) is 5.75 Å². The van der Waals surface area contributed by atoms with Crippen molar-refractivity contribution in [2.75, 3.05) is 0 Å². The van der Waals surface area contributed by atoms with Crippen molar-refractivity contribution in [2.24, 2.45) is 5.10 Å². The number of hydrogen-bond donors (Lipinski definition) is 1. The third-order valence-electron chi connectivity index (χ3n) is 3.98. The van der Waals surface area contributed by atoms with Gasteiger partial charge in [-0.05, 0) is 49.4 Å². The van der Waals surface area contributed by atoms with Gasteiger partial charge in [0.15, 0.2) is 5.75 Å². The van der Waals surface area contributed by atoms with Crippen molar-refractivity contribution < 1.29 is 17.4 Å². The van der Waals surface area contributed by atoms with E-state index in [9.17, 15) is 13.2 Å². The summed E-state index contributed by atoms with van der Waals surface area (Å²) in [7, 11) is -4.02. The highest BCUT2D eigenvalue weighted by molar-refractivity contribution is 7.87. The van der Waals surface area contributed by atoms with Gasteiger partial charge >= 0.3 is 10.1 Å². The van der Waals surface area contributed by atoms with Gasteiger partial charge in [-0.1, -0.05) is 53.0 Å². The van der Waals surface area contributed by atoms with Gasteiger partial charge in [0, 0.05) is 11.1 Å². The molecular weight excluding hydrogens is 447 g/mol. The predicted molar refractivity (Wildman–Crippen MR) is 117 cm³/mol. The Hall–Kier alpha value is -2.87. The van der Waals surface area contributed by atoms with Gasteiger partial charge in [-0.3, -0.25) is 4.79 Å². The monoisotopic (exact) mass is 462 g/mol. The number of hydrogen-bond acceptors (Lipinski definition) is 5. The van der Waals surface area contributed by atoms with Gasteiger partial charge in [-0.15, -0.1) is 0 Å². The number of rotatable bonds is 6. The molecule has 0 atom stereocenters. The number of benzene rings is 3. The summed E-state index contributed by atoms with van der Waals surface area (Å²) in [6.07, 6.45) is 1.29. The molecule has 0 saturated heterocycles. The average molecular weight is 463 g/mol. The first-order chi connectivity index (χ1) is 14.3. The standard InChI is InChI=1S/C21H16Cl2N2O4S/c1-14-6-9-17(10-7-14)30(27,28)29-20-5-3-2-4-16(20)13-24-25-21(26)15-8-11-18(22)19(23)12-15/h2-13H,1H3,(H,25,26). The van der Waals surface area contributed by atoms with E-state index in [0.717, 1.165) is 5.56 Å². The summed E-state index contributed by atoms with van der Waals surface area (Å²) in [6, 6.07) is 17.1. The molecule has 0 radical (unpaired) electrons. The van der Waals surface area contributed by atoms with E-state index in [4.69, 9.17) is 27.4 Å². The van der Waals surface area contributed by atoms with E-state index in [2.05, 4.69) is 10.5 Å². The molecule has 0 spiro atoms. The fourth-order valence-electron chi connectivity index (χ4n) is 2.40. The SMILES string of the molecule is Cc1ccc(S(=O)(=O)Oc2ccccc2C=NNC(=O)c2ccc(Cl)c(Cl)c2)cc1. The second-order valence-corrected chi connectivity index (χ2v) is 8.58. The van der Waals surface area contributed by atoms with Crippen LogP contribution in [0.4, 0.5) is 0 Å². The second kappa shape index (κ2) is 9.30. The van der Waals surface area contributed by atoms with Crippen molar-refractivity contribution in [2.45, 2.75) is 11.8 Å². The lowest BCUT2D eigenvalue weighted by molar-refractivity contribution is 0.0955. The molecule has 1 amide bonds. The topological polar surface area (TPSA) is 84.8 Å². The Bertz CT molecular complexity index is 1210. The van der Waals surface area contributed by atoms with Crippen molar-refractivity contribution in [1.82, 2.24) is 5.43 Å². The van der Waals surface area contributed by atoms with Crippen LogP contribution in [0.1, 0.15) is 21.5 Å². The Morgan fingerprint density at radius 2 is 1.70 bits per heavy atom. The molecule has 0 bridgehead atoms. The van der Waals surface area contributed by atoms with Gasteiger partial charge in [-0.2, -0.15) is 13.5 Å². The van der Waals surface area contributed by atoms with Crippen LogP contribution in [-0.2, 0) is 10.1 Å². The van der Waals surface area contributed by atoms with Crippen molar-refractivity contribution in [1.29, 1.82) is 0 Å². The third kappa shape index (κ3) is 5.38. The van der Waals surface area contributed by atoms with Gasteiger partial charge < -0.3 is 4.18 Å². The summed E-state index contributed by atoms with van der Waals surface area (Å²) in [5, 5.41) is 4.44. The van der Waals surface area contributed by atoms with Crippen LogP contribution in [0.3, 0.4) is 0 Å².